The topological polar surface area (TPSA) is 149 Å². The fraction of sp³-hybridized carbons (Fsp3) is 0.0270. The molecule has 0 radical (unpaired) electrons. The molecule has 8 nitrogen and oxygen atoms in total. The zero-order valence-corrected chi connectivity index (χ0v) is 23.8. The van der Waals surface area contributed by atoms with Gasteiger partial charge in [-0.3, -0.25) is 0 Å². The van der Waals surface area contributed by atoms with E-state index in [2.05, 4.69) is 0 Å². The number of hydrogen-bond acceptors (Lipinski definition) is 4. The molecule has 0 aromatic heterocycles. The number of carbonyl (C=O) groups is 4. The van der Waals surface area contributed by atoms with Gasteiger partial charge in [0, 0.05) is 24.3 Å². The third kappa shape index (κ3) is 7.97. The number of hydrogen-bond donors (Lipinski definition) is 4. The summed E-state index contributed by atoms with van der Waals surface area (Å²) in [4.78, 5) is 44.4. The van der Waals surface area contributed by atoms with Gasteiger partial charge in [-0.25, -0.2) is 19.2 Å². The second-order valence-corrected chi connectivity index (χ2v) is 9.92. The van der Waals surface area contributed by atoms with Crippen molar-refractivity contribution in [1.29, 1.82) is 0 Å². The minimum absolute atomic E-state index is 0.674. The number of benzene rings is 4. The SMILES string of the molecule is O=C(O)/C=C/c1ccc(C(c2ccc(/C=C/C(=O)O)cc2)(c2ccc(/C=C/C(=O)O)cc2)c2ccc(/C=C/C(=O)O)cc2)cc1. The summed E-state index contributed by atoms with van der Waals surface area (Å²) in [5.41, 5.74) is 5.03. The van der Waals surface area contributed by atoms with E-state index in [4.69, 9.17) is 20.4 Å². The molecule has 0 aliphatic rings. The smallest absolute Gasteiger partial charge is 0.328 e. The molecule has 0 spiro atoms. The van der Waals surface area contributed by atoms with Gasteiger partial charge < -0.3 is 20.4 Å². The normalized spacial score (nSPS) is 11.9. The van der Waals surface area contributed by atoms with E-state index in [-0.39, 0.29) is 0 Å². The van der Waals surface area contributed by atoms with Crippen LogP contribution in [0.2, 0.25) is 0 Å². The fourth-order valence-electron chi connectivity index (χ4n) is 5.05. The van der Waals surface area contributed by atoms with E-state index in [9.17, 15) is 19.2 Å². The second kappa shape index (κ2) is 14.3. The van der Waals surface area contributed by atoms with E-state index in [1.165, 1.54) is 24.3 Å². The molecule has 0 heterocycles. The van der Waals surface area contributed by atoms with Crippen LogP contribution in [-0.2, 0) is 24.6 Å². The van der Waals surface area contributed by atoms with Crippen LogP contribution in [0, 0.1) is 0 Å². The molecule has 0 aliphatic heterocycles. The van der Waals surface area contributed by atoms with Gasteiger partial charge in [0.25, 0.3) is 0 Å². The first-order valence-electron chi connectivity index (χ1n) is 13.6. The van der Waals surface area contributed by atoms with Crippen molar-refractivity contribution in [2.24, 2.45) is 0 Å². The van der Waals surface area contributed by atoms with E-state index in [0.29, 0.717) is 22.3 Å². The molecule has 0 aliphatic carbocycles. The number of aliphatic carboxylic acids is 4. The second-order valence-electron chi connectivity index (χ2n) is 9.92. The molecule has 4 N–H and O–H groups in total. The molecular weight excluding hydrogens is 572 g/mol. The Hall–Kier alpha value is -6.28. The van der Waals surface area contributed by atoms with Gasteiger partial charge in [-0.15, -0.1) is 0 Å². The minimum Gasteiger partial charge on any atom is -0.478 e. The molecule has 4 aromatic carbocycles. The van der Waals surface area contributed by atoms with Crippen LogP contribution in [0.25, 0.3) is 24.3 Å². The Labute approximate surface area is 258 Å². The zero-order chi connectivity index (χ0) is 32.4. The van der Waals surface area contributed by atoms with Crippen LogP contribution < -0.4 is 0 Å². The van der Waals surface area contributed by atoms with Crippen molar-refractivity contribution in [2.45, 2.75) is 5.41 Å². The van der Waals surface area contributed by atoms with Gasteiger partial charge in [-0.1, -0.05) is 97.1 Å². The lowest BCUT2D eigenvalue weighted by molar-refractivity contribution is -0.132. The molecule has 45 heavy (non-hydrogen) atoms. The molecule has 4 aromatic rings. The average Bonchev–Trinajstić information content (AvgIpc) is 3.03. The van der Waals surface area contributed by atoms with Crippen LogP contribution in [0.1, 0.15) is 44.5 Å². The molecule has 0 saturated carbocycles. The molecule has 0 atom stereocenters. The molecular formula is C37H28O8. The van der Waals surface area contributed by atoms with E-state index >= 15 is 0 Å². The highest BCUT2D eigenvalue weighted by molar-refractivity contribution is 5.87. The van der Waals surface area contributed by atoms with Crippen LogP contribution in [0.5, 0.6) is 0 Å². The molecule has 0 amide bonds. The summed E-state index contributed by atoms with van der Waals surface area (Å²) in [7, 11) is 0. The van der Waals surface area contributed by atoms with Gasteiger partial charge in [0.2, 0.25) is 0 Å². The lowest BCUT2D eigenvalue weighted by Crippen LogP contribution is -2.31. The Balaban J connectivity index is 2.00. The van der Waals surface area contributed by atoms with Crippen molar-refractivity contribution >= 4 is 48.2 Å². The van der Waals surface area contributed by atoms with Crippen molar-refractivity contribution in [2.75, 3.05) is 0 Å². The first-order valence-corrected chi connectivity index (χ1v) is 13.6. The van der Waals surface area contributed by atoms with E-state index in [1.54, 1.807) is 48.5 Å². The molecule has 8 heteroatoms. The van der Waals surface area contributed by atoms with E-state index < -0.39 is 29.3 Å². The Morgan fingerprint density at radius 2 is 0.533 bits per heavy atom. The summed E-state index contributed by atoms with van der Waals surface area (Å²) in [6.45, 7) is 0. The third-order valence-corrected chi connectivity index (χ3v) is 7.05. The van der Waals surface area contributed by atoms with Crippen LogP contribution >= 0.6 is 0 Å². The average molecular weight is 601 g/mol. The zero-order valence-electron chi connectivity index (χ0n) is 23.8. The van der Waals surface area contributed by atoms with Gasteiger partial charge >= 0.3 is 23.9 Å². The first kappa shape index (κ1) is 31.7. The van der Waals surface area contributed by atoms with Gasteiger partial charge in [-0.05, 0) is 68.8 Å². The maximum atomic E-state index is 11.1. The van der Waals surface area contributed by atoms with Crippen molar-refractivity contribution in [3.63, 3.8) is 0 Å². The van der Waals surface area contributed by atoms with Crippen molar-refractivity contribution < 1.29 is 39.6 Å². The molecule has 0 fully saturated rings. The van der Waals surface area contributed by atoms with Gasteiger partial charge in [0.05, 0.1) is 5.41 Å². The summed E-state index contributed by atoms with van der Waals surface area (Å²) < 4.78 is 0. The van der Waals surface area contributed by atoms with Crippen LogP contribution in [0.4, 0.5) is 0 Å². The lowest BCUT2D eigenvalue weighted by Gasteiger charge is -2.37. The fourth-order valence-corrected chi connectivity index (χ4v) is 5.05. The summed E-state index contributed by atoms with van der Waals surface area (Å²) >= 11 is 0. The quantitative estimate of drug-likeness (QED) is 0.107. The predicted molar refractivity (Wildman–Crippen MR) is 171 cm³/mol. The van der Waals surface area contributed by atoms with Crippen LogP contribution in [-0.4, -0.2) is 44.3 Å². The van der Waals surface area contributed by atoms with Crippen LogP contribution in [0.15, 0.2) is 121 Å². The van der Waals surface area contributed by atoms with E-state index in [1.807, 2.05) is 48.5 Å². The molecule has 224 valence electrons. The highest BCUT2D eigenvalue weighted by atomic mass is 16.4. The largest absolute Gasteiger partial charge is 0.478 e. The number of rotatable bonds is 12. The maximum absolute atomic E-state index is 11.1. The Morgan fingerprint density at radius 1 is 0.356 bits per heavy atom. The summed E-state index contributed by atoms with van der Waals surface area (Å²) in [6.07, 6.45) is 10.2. The molecule has 4 rings (SSSR count). The van der Waals surface area contributed by atoms with Gasteiger partial charge in [0.1, 0.15) is 0 Å². The van der Waals surface area contributed by atoms with E-state index in [0.717, 1.165) is 46.6 Å². The Kier molecular flexibility index (Phi) is 10.0. The maximum Gasteiger partial charge on any atom is 0.328 e. The van der Waals surface area contributed by atoms with Crippen LogP contribution in [0.3, 0.4) is 0 Å². The Bertz CT molecular complexity index is 1530. The van der Waals surface area contributed by atoms with Crippen molar-refractivity contribution in [1.82, 2.24) is 0 Å². The molecule has 0 unspecified atom stereocenters. The number of carboxylic acid groups (broad SMARTS) is 4. The monoisotopic (exact) mass is 600 g/mol. The molecule has 0 saturated heterocycles. The highest BCUT2D eigenvalue weighted by Crippen LogP contribution is 2.45. The number of carboxylic acids is 4. The predicted octanol–water partition coefficient (Wildman–Crippen LogP) is 6.46. The van der Waals surface area contributed by atoms with Gasteiger partial charge in [-0.2, -0.15) is 0 Å². The minimum atomic E-state index is -1.07. The van der Waals surface area contributed by atoms with Crippen molar-refractivity contribution in [3.05, 3.63) is 166 Å². The third-order valence-electron chi connectivity index (χ3n) is 7.05. The first-order chi connectivity index (χ1) is 21.6. The van der Waals surface area contributed by atoms with Crippen molar-refractivity contribution in [3.8, 4) is 0 Å². The summed E-state index contributed by atoms with van der Waals surface area (Å²) in [5, 5.41) is 36.3. The lowest BCUT2D eigenvalue weighted by atomic mass is 9.65. The molecule has 0 bridgehead atoms. The summed E-state index contributed by atoms with van der Waals surface area (Å²) in [6, 6.07) is 29.6. The highest BCUT2D eigenvalue weighted by Gasteiger charge is 2.38. The standard InChI is InChI=1S/C37H28O8/c38-33(39)21-9-25-1-13-29(14-2-25)37(30-15-3-26(4-16-30)10-22-34(40)41,31-17-5-27(6-18-31)11-23-35(42)43)32-19-7-28(8-20-32)12-24-36(44)45/h1-24H,(H,38,39)(H,40,41)(H,42,43)(H,44,45)/b21-9+,22-10+,23-11+,24-12+. The summed E-state index contributed by atoms with van der Waals surface area (Å²) in [5.74, 6) is -4.28. The van der Waals surface area contributed by atoms with Gasteiger partial charge in [0.15, 0.2) is 0 Å². The Morgan fingerprint density at radius 3 is 0.689 bits per heavy atom.